The zero-order valence-corrected chi connectivity index (χ0v) is 18.2. The third-order valence-corrected chi connectivity index (χ3v) is 6.29. The molecular weight excluding hydrogens is 364 g/mol. The highest BCUT2D eigenvalue weighted by Gasteiger charge is 2.27. The van der Waals surface area contributed by atoms with Gasteiger partial charge in [0.15, 0.2) is 6.29 Å². The van der Waals surface area contributed by atoms with Crippen LogP contribution in [0.5, 0.6) is 0 Å². The minimum Gasteiger partial charge on any atom is -0.384 e. The van der Waals surface area contributed by atoms with E-state index < -0.39 is 0 Å². The van der Waals surface area contributed by atoms with Crippen LogP contribution in [0.15, 0.2) is 6.07 Å². The number of nitrogens with zero attached hydrogens (tertiary/aromatic N) is 2. The molecule has 1 aromatic rings. The number of carbonyl (C=O) groups is 1. The maximum Gasteiger partial charge on any atom is 0.168 e. The Morgan fingerprint density at radius 1 is 1.28 bits per heavy atom. The van der Waals surface area contributed by atoms with Gasteiger partial charge in [-0.2, -0.15) is 0 Å². The Hall–Kier alpha value is -1.95. The van der Waals surface area contributed by atoms with Gasteiger partial charge in [0.25, 0.3) is 0 Å². The molecule has 6 heteroatoms. The SMILES string of the molecule is COCC1CCN(c2cc(C=O)nc(NC3CCCCC3)c2C(=N)C(C)C)CC1. The minimum absolute atomic E-state index is 0.0931. The Labute approximate surface area is 174 Å². The standard InChI is InChI=1S/C23H36N4O2/c1-16(2)22(24)21-20(27-11-9-17(10-12-27)15-29-3)13-19(14-28)26-23(21)25-18-7-5-4-6-8-18/h13-14,16-18,24H,4-12,15H2,1-3H3,(H,25,26). The number of piperidine rings is 1. The average Bonchev–Trinajstić information content (AvgIpc) is 2.74. The molecule has 2 aliphatic rings. The molecule has 29 heavy (non-hydrogen) atoms. The molecule has 3 rings (SSSR count). The van der Waals surface area contributed by atoms with E-state index in [4.69, 9.17) is 10.1 Å². The summed E-state index contributed by atoms with van der Waals surface area (Å²) >= 11 is 0. The number of methoxy groups -OCH3 is 1. The predicted molar refractivity (Wildman–Crippen MR) is 119 cm³/mol. The Balaban J connectivity index is 1.95. The topological polar surface area (TPSA) is 78.3 Å². The summed E-state index contributed by atoms with van der Waals surface area (Å²) in [5.74, 6) is 1.39. The van der Waals surface area contributed by atoms with Crippen LogP contribution >= 0.6 is 0 Å². The van der Waals surface area contributed by atoms with Gasteiger partial charge in [-0.25, -0.2) is 4.98 Å². The van der Waals surface area contributed by atoms with Crippen molar-refractivity contribution < 1.29 is 9.53 Å². The van der Waals surface area contributed by atoms with Gasteiger partial charge in [-0.05, 0) is 43.6 Å². The normalized spacial score (nSPS) is 18.8. The van der Waals surface area contributed by atoms with Gasteiger partial charge >= 0.3 is 0 Å². The fourth-order valence-corrected chi connectivity index (χ4v) is 4.54. The van der Waals surface area contributed by atoms with Crippen LogP contribution in [0.4, 0.5) is 11.5 Å². The molecule has 1 aromatic heterocycles. The molecular formula is C23H36N4O2. The highest BCUT2D eigenvalue weighted by atomic mass is 16.5. The van der Waals surface area contributed by atoms with E-state index in [1.54, 1.807) is 7.11 Å². The molecule has 0 spiro atoms. The number of pyridine rings is 1. The summed E-state index contributed by atoms with van der Waals surface area (Å²) in [6.07, 6.45) is 8.94. The summed E-state index contributed by atoms with van der Waals surface area (Å²) in [7, 11) is 1.76. The van der Waals surface area contributed by atoms with Crippen LogP contribution in [-0.4, -0.2) is 49.8 Å². The van der Waals surface area contributed by atoms with Crippen molar-refractivity contribution in [1.29, 1.82) is 5.41 Å². The highest BCUT2D eigenvalue weighted by molar-refractivity contribution is 6.09. The number of nitrogens with one attached hydrogen (secondary N) is 2. The van der Waals surface area contributed by atoms with Crippen molar-refractivity contribution in [3.8, 4) is 0 Å². The van der Waals surface area contributed by atoms with E-state index in [9.17, 15) is 4.79 Å². The second-order valence-electron chi connectivity index (χ2n) is 8.84. The van der Waals surface area contributed by atoms with Crippen LogP contribution in [0.2, 0.25) is 0 Å². The van der Waals surface area contributed by atoms with E-state index in [0.717, 1.165) is 62.9 Å². The molecule has 1 aliphatic heterocycles. The molecule has 6 nitrogen and oxygen atoms in total. The second kappa shape index (κ2) is 10.2. The van der Waals surface area contributed by atoms with E-state index in [-0.39, 0.29) is 5.92 Å². The van der Waals surface area contributed by atoms with Crippen LogP contribution in [0.1, 0.15) is 74.8 Å². The lowest BCUT2D eigenvalue weighted by Crippen LogP contribution is -2.37. The number of hydrogen-bond donors (Lipinski definition) is 2. The summed E-state index contributed by atoms with van der Waals surface area (Å²) < 4.78 is 5.34. The molecule has 1 aliphatic carbocycles. The number of hydrogen-bond acceptors (Lipinski definition) is 6. The van der Waals surface area contributed by atoms with E-state index in [1.807, 2.05) is 6.07 Å². The van der Waals surface area contributed by atoms with Crippen LogP contribution < -0.4 is 10.2 Å². The van der Waals surface area contributed by atoms with E-state index in [0.29, 0.717) is 29.2 Å². The van der Waals surface area contributed by atoms with E-state index in [2.05, 4.69) is 29.0 Å². The molecule has 0 unspecified atom stereocenters. The lowest BCUT2D eigenvalue weighted by molar-refractivity contribution is 0.111. The maximum absolute atomic E-state index is 11.7. The molecule has 0 bridgehead atoms. The number of aldehydes is 1. The van der Waals surface area contributed by atoms with E-state index in [1.165, 1.54) is 19.3 Å². The Kier molecular flexibility index (Phi) is 7.64. The van der Waals surface area contributed by atoms with Gasteiger partial charge in [0.1, 0.15) is 11.5 Å². The average molecular weight is 401 g/mol. The molecule has 0 aromatic carbocycles. The predicted octanol–water partition coefficient (Wildman–Crippen LogP) is 4.53. The first-order chi connectivity index (χ1) is 14.0. The zero-order chi connectivity index (χ0) is 20.8. The van der Waals surface area contributed by atoms with Crippen molar-refractivity contribution in [1.82, 2.24) is 4.98 Å². The highest BCUT2D eigenvalue weighted by Crippen LogP contribution is 2.34. The molecule has 160 valence electrons. The smallest absolute Gasteiger partial charge is 0.168 e. The van der Waals surface area contributed by atoms with Crippen molar-refractivity contribution in [2.45, 2.75) is 64.8 Å². The summed E-state index contributed by atoms with van der Waals surface area (Å²) in [4.78, 5) is 18.6. The Morgan fingerprint density at radius 2 is 1.97 bits per heavy atom. The monoisotopic (exact) mass is 400 g/mol. The summed E-state index contributed by atoms with van der Waals surface area (Å²) in [5.41, 5.74) is 2.89. The molecule has 2 heterocycles. The van der Waals surface area contributed by atoms with Crippen molar-refractivity contribution in [3.05, 3.63) is 17.3 Å². The Bertz CT molecular complexity index is 705. The number of ether oxygens (including phenoxy) is 1. The van der Waals surface area contributed by atoms with Gasteiger partial charge in [-0.3, -0.25) is 4.79 Å². The lowest BCUT2D eigenvalue weighted by Gasteiger charge is -2.36. The largest absolute Gasteiger partial charge is 0.384 e. The molecule has 2 N–H and O–H groups in total. The summed E-state index contributed by atoms with van der Waals surface area (Å²) in [5, 5.41) is 12.4. The third kappa shape index (κ3) is 5.35. The van der Waals surface area contributed by atoms with Crippen molar-refractivity contribution in [3.63, 3.8) is 0 Å². The lowest BCUT2D eigenvalue weighted by atomic mass is 9.93. The number of rotatable bonds is 8. The van der Waals surface area contributed by atoms with Crippen LogP contribution in [-0.2, 0) is 4.74 Å². The molecule has 1 saturated heterocycles. The first-order valence-corrected chi connectivity index (χ1v) is 11.1. The van der Waals surface area contributed by atoms with Gasteiger partial charge in [-0.15, -0.1) is 0 Å². The van der Waals surface area contributed by atoms with Gasteiger partial charge in [0, 0.05) is 38.6 Å². The summed E-state index contributed by atoms with van der Waals surface area (Å²) in [6.45, 7) is 6.73. The molecule has 0 atom stereocenters. The molecule has 0 radical (unpaired) electrons. The van der Waals surface area contributed by atoms with Crippen LogP contribution in [0, 0.1) is 17.2 Å². The Morgan fingerprint density at radius 3 is 2.55 bits per heavy atom. The first kappa shape index (κ1) is 21.8. The molecule has 2 fully saturated rings. The number of anilines is 2. The van der Waals surface area contributed by atoms with Gasteiger partial charge in [0.05, 0.1) is 11.3 Å². The van der Waals surface area contributed by atoms with Gasteiger partial charge in [-0.1, -0.05) is 33.1 Å². The summed E-state index contributed by atoms with van der Waals surface area (Å²) in [6, 6.07) is 2.25. The van der Waals surface area contributed by atoms with E-state index >= 15 is 0 Å². The van der Waals surface area contributed by atoms with Gasteiger partial charge in [0.2, 0.25) is 0 Å². The second-order valence-corrected chi connectivity index (χ2v) is 8.84. The molecule has 0 amide bonds. The third-order valence-electron chi connectivity index (χ3n) is 6.29. The zero-order valence-electron chi connectivity index (χ0n) is 18.2. The van der Waals surface area contributed by atoms with Crippen LogP contribution in [0.25, 0.3) is 0 Å². The van der Waals surface area contributed by atoms with Crippen molar-refractivity contribution >= 4 is 23.5 Å². The van der Waals surface area contributed by atoms with Crippen molar-refractivity contribution in [2.75, 3.05) is 37.0 Å². The molecule has 1 saturated carbocycles. The van der Waals surface area contributed by atoms with Crippen molar-refractivity contribution in [2.24, 2.45) is 11.8 Å². The maximum atomic E-state index is 11.7. The fourth-order valence-electron chi connectivity index (χ4n) is 4.54. The van der Waals surface area contributed by atoms with Crippen LogP contribution in [0.3, 0.4) is 0 Å². The first-order valence-electron chi connectivity index (χ1n) is 11.1. The fraction of sp³-hybridized carbons (Fsp3) is 0.696. The number of aromatic nitrogens is 1. The number of carbonyl (C=O) groups excluding carboxylic acids is 1. The minimum atomic E-state index is 0.0931. The van der Waals surface area contributed by atoms with Gasteiger partial charge < -0.3 is 20.4 Å². The quantitative estimate of drug-likeness (QED) is 0.495.